The summed E-state index contributed by atoms with van der Waals surface area (Å²) < 4.78 is 2.04. The average Bonchev–Trinajstić information content (AvgIpc) is 3.10. The predicted molar refractivity (Wildman–Crippen MR) is 98.5 cm³/mol. The third-order valence-corrected chi connectivity index (χ3v) is 5.41. The fourth-order valence-electron chi connectivity index (χ4n) is 4.01. The molecule has 2 amide bonds. The summed E-state index contributed by atoms with van der Waals surface area (Å²) in [4.78, 5) is 33.1. The van der Waals surface area contributed by atoms with Crippen molar-refractivity contribution in [2.45, 2.75) is 31.8 Å². The van der Waals surface area contributed by atoms with E-state index in [0.29, 0.717) is 26.1 Å². The molecule has 7 heteroatoms. The number of para-hydroxylation sites is 2. The van der Waals surface area contributed by atoms with E-state index in [0.717, 1.165) is 43.5 Å². The van der Waals surface area contributed by atoms with Crippen LogP contribution in [0.15, 0.2) is 30.6 Å². The zero-order valence-electron chi connectivity index (χ0n) is 14.9. The Bertz CT molecular complexity index is 802. The van der Waals surface area contributed by atoms with E-state index in [2.05, 4.69) is 10.3 Å². The van der Waals surface area contributed by atoms with E-state index in [1.165, 1.54) is 0 Å². The highest BCUT2D eigenvalue weighted by atomic mass is 16.2. The number of piperazine rings is 1. The van der Waals surface area contributed by atoms with Crippen LogP contribution in [0, 0.1) is 0 Å². The monoisotopic (exact) mass is 355 g/mol. The second-order valence-corrected chi connectivity index (χ2v) is 7.08. The number of carbonyl (C=O) groups excluding carboxylic acids is 2. The lowest BCUT2D eigenvalue weighted by molar-refractivity contribution is -0.140. The van der Waals surface area contributed by atoms with Crippen LogP contribution in [0.4, 0.5) is 0 Å². The lowest BCUT2D eigenvalue weighted by Crippen LogP contribution is -2.57. The molecule has 1 atom stereocenters. The lowest BCUT2D eigenvalue weighted by Gasteiger charge is -2.41. The van der Waals surface area contributed by atoms with Crippen LogP contribution >= 0.6 is 0 Å². The molecular formula is C19H25N5O2. The van der Waals surface area contributed by atoms with Gasteiger partial charge in [0.15, 0.2) is 0 Å². The zero-order valence-corrected chi connectivity index (χ0v) is 14.9. The molecule has 0 aliphatic carbocycles. The number of hydrogen-bond donors (Lipinski definition) is 1. The summed E-state index contributed by atoms with van der Waals surface area (Å²) in [5.74, 6) is 0.315. The molecular weight excluding hydrogens is 330 g/mol. The minimum atomic E-state index is 0.153. The minimum Gasteiger partial charge on any atom is -0.341 e. The van der Waals surface area contributed by atoms with Gasteiger partial charge in [-0.25, -0.2) is 4.98 Å². The summed E-state index contributed by atoms with van der Waals surface area (Å²) in [7, 11) is 0. The van der Waals surface area contributed by atoms with E-state index >= 15 is 0 Å². The van der Waals surface area contributed by atoms with E-state index < -0.39 is 0 Å². The first-order chi connectivity index (χ1) is 12.7. The van der Waals surface area contributed by atoms with Crippen molar-refractivity contribution in [3.8, 4) is 0 Å². The number of amides is 2. The lowest BCUT2D eigenvalue weighted by atomic mass is 10.0. The second kappa shape index (κ2) is 7.45. The highest BCUT2D eigenvalue weighted by Crippen LogP contribution is 2.18. The van der Waals surface area contributed by atoms with Gasteiger partial charge in [-0.15, -0.1) is 0 Å². The van der Waals surface area contributed by atoms with Gasteiger partial charge in [-0.3, -0.25) is 9.59 Å². The molecule has 2 aliphatic heterocycles. The van der Waals surface area contributed by atoms with Gasteiger partial charge in [0.2, 0.25) is 11.8 Å². The van der Waals surface area contributed by atoms with Crippen molar-refractivity contribution in [1.29, 1.82) is 0 Å². The van der Waals surface area contributed by atoms with Crippen molar-refractivity contribution in [2.24, 2.45) is 0 Å². The molecule has 2 fully saturated rings. The number of hydrogen-bond acceptors (Lipinski definition) is 4. The first-order valence-electron chi connectivity index (χ1n) is 9.40. The Balaban J connectivity index is 1.36. The number of aryl methyl sites for hydroxylation is 1. The number of benzene rings is 1. The summed E-state index contributed by atoms with van der Waals surface area (Å²) in [6.45, 7) is 4.08. The third kappa shape index (κ3) is 3.44. The Morgan fingerprint density at radius 1 is 1.27 bits per heavy atom. The van der Waals surface area contributed by atoms with Crippen LogP contribution in [0.2, 0.25) is 0 Å². The molecule has 26 heavy (non-hydrogen) atoms. The van der Waals surface area contributed by atoms with Crippen molar-refractivity contribution in [3.63, 3.8) is 0 Å². The largest absolute Gasteiger partial charge is 0.341 e. The maximum absolute atomic E-state index is 12.7. The normalized spacial score (nSPS) is 21.4. The van der Waals surface area contributed by atoms with Crippen molar-refractivity contribution < 1.29 is 9.59 Å². The van der Waals surface area contributed by atoms with E-state index in [-0.39, 0.29) is 17.9 Å². The molecule has 7 nitrogen and oxygen atoms in total. The molecule has 4 rings (SSSR count). The summed E-state index contributed by atoms with van der Waals surface area (Å²) in [6.07, 6.45) is 4.21. The smallest absolute Gasteiger partial charge is 0.236 e. The van der Waals surface area contributed by atoms with Crippen LogP contribution in [0.3, 0.4) is 0 Å². The molecule has 138 valence electrons. The van der Waals surface area contributed by atoms with Gasteiger partial charge in [0.1, 0.15) is 0 Å². The van der Waals surface area contributed by atoms with Crippen molar-refractivity contribution in [1.82, 2.24) is 24.7 Å². The molecule has 0 radical (unpaired) electrons. The minimum absolute atomic E-state index is 0.153. The van der Waals surface area contributed by atoms with Gasteiger partial charge >= 0.3 is 0 Å². The molecule has 1 unspecified atom stereocenters. The van der Waals surface area contributed by atoms with Gasteiger partial charge in [-0.1, -0.05) is 12.1 Å². The van der Waals surface area contributed by atoms with Crippen LogP contribution in [0.5, 0.6) is 0 Å². The molecule has 1 aromatic heterocycles. The maximum Gasteiger partial charge on any atom is 0.236 e. The molecule has 2 aliphatic rings. The molecule has 0 saturated carbocycles. The second-order valence-electron chi connectivity index (χ2n) is 7.08. The van der Waals surface area contributed by atoms with E-state index in [4.69, 9.17) is 0 Å². The Labute approximate surface area is 153 Å². The van der Waals surface area contributed by atoms with Gasteiger partial charge < -0.3 is 19.7 Å². The van der Waals surface area contributed by atoms with Gasteiger partial charge in [-0.2, -0.15) is 0 Å². The Kier molecular flexibility index (Phi) is 4.88. The molecule has 0 bridgehead atoms. The summed E-state index contributed by atoms with van der Waals surface area (Å²) >= 11 is 0. The SMILES string of the molecule is O=C(CCn1cnc2ccccc21)N1CCCC(N2CCNCC2=O)C1. The quantitative estimate of drug-likeness (QED) is 0.883. The first kappa shape index (κ1) is 17.0. The summed E-state index contributed by atoms with van der Waals surface area (Å²) in [5.41, 5.74) is 2.01. The van der Waals surface area contributed by atoms with E-state index in [9.17, 15) is 9.59 Å². The number of nitrogens with one attached hydrogen (secondary N) is 1. The number of likely N-dealkylation sites (tertiary alicyclic amines) is 1. The summed E-state index contributed by atoms with van der Waals surface area (Å²) in [6, 6.07) is 8.13. The molecule has 1 aromatic carbocycles. The molecule has 2 saturated heterocycles. The van der Waals surface area contributed by atoms with Gasteiger partial charge in [0.05, 0.1) is 23.9 Å². The standard InChI is InChI=1S/C19H25N5O2/c25-18(7-10-23-14-21-16-5-1-2-6-17(16)23)22-9-3-4-15(13-22)24-11-8-20-12-19(24)26/h1-2,5-6,14-15,20H,3-4,7-13H2. The fraction of sp³-hybridized carbons (Fsp3) is 0.526. The third-order valence-electron chi connectivity index (χ3n) is 5.41. The molecule has 3 heterocycles. The number of aromatic nitrogens is 2. The van der Waals surface area contributed by atoms with Crippen LogP contribution < -0.4 is 5.32 Å². The Morgan fingerprint density at radius 3 is 3.04 bits per heavy atom. The molecule has 2 aromatic rings. The maximum atomic E-state index is 12.7. The number of rotatable bonds is 4. The molecule has 0 spiro atoms. The van der Waals surface area contributed by atoms with Gasteiger partial charge in [0, 0.05) is 45.2 Å². The zero-order chi connectivity index (χ0) is 17.9. The van der Waals surface area contributed by atoms with E-state index in [1.54, 1.807) is 6.33 Å². The van der Waals surface area contributed by atoms with Crippen molar-refractivity contribution in [3.05, 3.63) is 30.6 Å². The first-order valence-corrected chi connectivity index (χ1v) is 9.40. The van der Waals surface area contributed by atoms with Crippen LogP contribution in [-0.4, -0.2) is 69.9 Å². The van der Waals surface area contributed by atoms with Crippen molar-refractivity contribution in [2.75, 3.05) is 32.7 Å². The topological polar surface area (TPSA) is 70.5 Å². The average molecular weight is 355 g/mol. The highest BCUT2D eigenvalue weighted by Gasteiger charge is 2.31. The predicted octanol–water partition coefficient (Wildman–Crippen LogP) is 0.849. The number of nitrogens with zero attached hydrogens (tertiary/aromatic N) is 4. The number of piperidine rings is 1. The fourth-order valence-corrected chi connectivity index (χ4v) is 4.01. The summed E-state index contributed by atoms with van der Waals surface area (Å²) in [5, 5.41) is 3.11. The molecule has 1 N–H and O–H groups in total. The number of imidazole rings is 1. The Hall–Kier alpha value is -2.41. The van der Waals surface area contributed by atoms with Gasteiger partial charge in [0.25, 0.3) is 0 Å². The van der Waals surface area contributed by atoms with Crippen molar-refractivity contribution >= 4 is 22.8 Å². The van der Waals surface area contributed by atoms with E-state index in [1.807, 2.05) is 38.6 Å². The number of carbonyl (C=O) groups is 2. The van der Waals surface area contributed by atoms with Crippen LogP contribution in [-0.2, 0) is 16.1 Å². The Morgan fingerprint density at radius 2 is 2.15 bits per heavy atom. The highest BCUT2D eigenvalue weighted by molar-refractivity contribution is 5.80. The van der Waals surface area contributed by atoms with Gasteiger partial charge in [-0.05, 0) is 25.0 Å². The van der Waals surface area contributed by atoms with Crippen LogP contribution in [0.1, 0.15) is 19.3 Å². The number of fused-ring (bicyclic) bond motifs is 1. The van der Waals surface area contributed by atoms with Crippen LogP contribution in [0.25, 0.3) is 11.0 Å².